The zero-order valence-electron chi connectivity index (χ0n) is 20.0. The zero-order chi connectivity index (χ0) is 25.8. The molecular formula is C27H26Cl3N5O2. The highest BCUT2D eigenvalue weighted by molar-refractivity contribution is 6.39. The standard InChI is InChI=1S/C27H26Cl3N5O2/c28-22-7-6-20(16-21(22)27(36)31-9-2-10-34-11-13-37-14-12-34)35-25-8-5-19(15-18(25)17-32-35)33-26-23(29)3-1-4-24(26)30/h1,3-8,15-17,33H,2,9-14H2,(H,31,36). The molecule has 1 aromatic heterocycles. The van der Waals surface area contributed by atoms with Gasteiger partial charge in [0, 0.05) is 30.7 Å². The molecule has 0 aliphatic carbocycles. The largest absolute Gasteiger partial charge is 0.379 e. The molecule has 1 saturated heterocycles. The van der Waals surface area contributed by atoms with Crippen LogP contribution in [0.1, 0.15) is 16.8 Å². The van der Waals surface area contributed by atoms with Gasteiger partial charge < -0.3 is 15.4 Å². The van der Waals surface area contributed by atoms with Gasteiger partial charge in [0.2, 0.25) is 0 Å². The van der Waals surface area contributed by atoms with Crippen molar-refractivity contribution >= 4 is 63.0 Å². The van der Waals surface area contributed by atoms with Crippen molar-refractivity contribution in [3.63, 3.8) is 0 Å². The summed E-state index contributed by atoms with van der Waals surface area (Å²) in [5.74, 6) is -0.201. The van der Waals surface area contributed by atoms with E-state index in [1.165, 1.54) is 0 Å². The number of halogens is 3. The van der Waals surface area contributed by atoms with Gasteiger partial charge in [-0.2, -0.15) is 5.10 Å². The maximum Gasteiger partial charge on any atom is 0.252 e. The minimum atomic E-state index is -0.201. The number of benzene rings is 3. The minimum Gasteiger partial charge on any atom is -0.379 e. The van der Waals surface area contributed by atoms with Crippen LogP contribution in [0.15, 0.2) is 60.8 Å². The second kappa shape index (κ2) is 11.7. The van der Waals surface area contributed by atoms with Crippen molar-refractivity contribution < 1.29 is 9.53 Å². The van der Waals surface area contributed by atoms with Crippen molar-refractivity contribution in [2.24, 2.45) is 0 Å². The molecule has 7 nitrogen and oxygen atoms in total. The van der Waals surface area contributed by atoms with Gasteiger partial charge in [-0.3, -0.25) is 9.69 Å². The lowest BCUT2D eigenvalue weighted by Crippen LogP contribution is -2.38. The van der Waals surface area contributed by atoms with Crippen LogP contribution in [-0.2, 0) is 4.74 Å². The first-order chi connectivity index (χ1) is 18.0. The van der Waals surface area contributed by atoms with Crippen molar-refractivity contribution in [1.82, 2.24) is 20.0 Å². The number of para-hydroxylation sites is 1. The Morgan fingerprint density at radius 3 is 2.54 bits per heavy atom. The Morgan fingerprint density at radius 2 is 1.76 bits per heavy atom. The van der Waals surface area contributed by atoms with Gasteiger partial charge in [0.15, 0.2) is 0 Å². The van der Waals surface area contributed by atoms with Crippen LogP contribution in [0.25, 0.3) is 16.6 Å². The summed E-state index contributed by atoms with van der Waals surface area (Å²) in [6, 6.07) is 16.6. The van der Waals surface area contributed by atoms with Crippen LogP contribution in [0.3, 0.4) is 0 Å². The number of nitrogens with one attached hydrogen (secondary N) is 2. The van der Waals surface area contributed by atoms with E-state index in [0.29, 0.717) is 32.9 Å². The average molecular weight is 559 g/mol. The van der Waals surface area contributed by atoms with E-state index in [1.807, 2.05) is 24.3 Å². The molecule has 1 fully saturated rings. The van der Waals surface area contributed by atoms with Crippen LogP contribution < -0.4 is 10.6 Å². The molecule has 0 saturated carbocycles. The van der Waals surface area contributed by atoms with Gasteiger partial charge in [-0.05, 0) is 61.5 Å². The SMILES string of the molecule is O=C(NCCCN1CCOCC1)c1cc(-n2ncc3cc(Nc4c(Cl)cccc4Cl)ccc32)ccc1Cl. The molecule has 1 aliphatic rings. The quantitative estimate of drug-likeness (QED) is 0.253. The first-order valence-corrected chi connectivity index (χ1v) is 13.2. The molecule has 1 aliphatic heterocycles. The molecule has 2 N–H and O–H groups in total. The Hall–Kier alpha value is -2.81. The number of morpholine rings is 1. The predicted molar refractivity (Wildman–Crippen MR) is 150 cm³/mol. The van der Waals surface area contributed by atoms with E-state index in [4.69, 9.17) is 39.5 Å². The van der Waals surface area contributed by atoms with Crippen molar-refractivity contribution in [2.75, 3.05) is 44.7 Å². The van der Waals surface area contributed by atoms with Crippen molar-refractivity contribution in [1.29, 1.82) is 0 Å². The number of amides is 1. The fourth-order valence-electron chi connectivity index (χ4n) is 4.32. The fourth-order valence-corrected chi connectivity index (χ4v) is 5.02. The average Bonchev–Trinajstić information content (AvgIpc) is 3.33. The van der Waals surface area contributed by atoms with Crippen LogP contribution in [-0.4, -0.2) is 60.0 Å². The molecule has 5 rings (SSSR count). The maximum atomic E-state index is 12.9. The molecule has 192 valence electrons. The van der Waals surface area contributed by atoms with Crippen molar-refractivity contribution in [3.05, 3.63) is 81.4 Å². The van der Waals surface area contributed by atoms with Gasteiger partial charge in [0.1, 0.15) is 0 Å². The number of hydrogen-bond acceptors (Lipinski definition) is 5. The number of nitrogens with zero attached hydrogens (tertiary/aromatic N) is 3. The highest BCUT2D eigenvalue weighted by Crippen LogP contribution is 2.33. The Bertz CT molecular complexity index is 1400. The molecule has 1 amide bonds. The third-order valence-electron chi connectivity index (χ3n) is 6.28. The first kappa shape index (κ1) is 25.8. The normalized spacial score (nSPS) is 14.1. The number of carbonyl (C=O) groups excluding carboxylic acids is 1. The van der Waals surface area contributed by atoms with E-state index >= 15 is 0 Å². The molecule has 0 bridgehead atoms. The summed E-state index contributed by atoms with van der Waals surface area (Å²) in [5.41, 5.74) is 3.52. The number of carbonyl (C=O) groups is 1. The monoisotopic (exact) mass is 557 g/mol. The van der Waals surface area contributed by atoms with Gasteiger partial charge in [-0.15, -0.1) is 0 Å². The second-order valence-corrected chi connectivity index (χ2v) is 10.0. The van der Waals surface area contributed by atoms with Gasteiger partial charge >= 0.3 is 0 Å². The smallest absolute Gasteiger partial charge is 0.252 e. The Balaban J connectivity index is 1.29. The Kier molecular flexibility index (Phi) is 8.17. The van der Waals surface area contributed by atoms with Crippen LogP contribution in [0.5, 0.6) is 0 Å². The van der Waals surface area contributed by atoms with E-state index in [9.17, 15) is 4.79 Å². The third kappa shape index (κ3) is 6.03. The van der Waals surface area contributed by atoms with Gasteiger partial charge in [-0.1, -0.05) is 40.9 Å². The van der Waals surface area contributed by atoms with Crippen LogP contribution in [0.2, 0.25) is 15.1 Å². The van der Waals surface area contributed by atoms with Gasteiger partial charge in [-0.25, -0.2) is 4.68 Å². The second-order valence-electron chi connectivity index (χ2n) is 8.78. The molecule has 0 spiro atoms. The van der Waals surface area contributed by atoms with Crippen LogP contribution in [0, 0.1) is 0 Å². The Labute approximate surface area is 230 Å². The molecule has 3 aromatic carbocycles. The number of ether oxygens (including phenoxy) is 1. The molecule has 10 heteroatoms. The molecule has 0 unspecified atom stereocenters. The van der Waals surface area contributed by atoms with Crippen LogP contribution in [0.4, 0.5) is 11.4 Å². The summed E-state index contributed by atoms with van der Waals surface area (Å²) in [6.07, 6.45) is 2.64. The molecule has 2 heterocycles. The van der Waals surface area contributed by atoms with E-state index in [0.717, 1.165) is 61.5 Å². The van der Waals surface area contributed by atoms with E-state index in [-0.39, 0.29) is 5.91 Å². The zero-order valence-corrected chi connectivity index (χ0v) is 22.3. The van der Waals surface area contributed by atoms with E-state index in [2.05, 4.69) is 20.6 Å². The summed E-state index contributed by atoms with van der Waals surface area (Å²) in [5, 5.41) is 13.2. The topological polar surface area (TPSA) is 71.4 Å². The first-order valence-electron chi connectivity index (χ1n) is 12.1. The number of aromatic nitrogens is 2. The van der Waals surface area contributed by atoms with Crippen LogP contribution >= 0.6 is 34.8 Å². The number of rotatable bonds is 8. The Morgan fingerprint density at radius 1 is 0.973 bits per heavy atom. The molecular weight excluding hydrogens is 533 g/mol. The summed E-state index contributed by atoms with van der Waals surface area (Å²) >= 11 is 19.0. The number of fused-ring (bicyclic) bond motifs is 1. The number of hydrogen-bond donors (Lipinski definition) is 2. The molecule has 0 radical (unpaired) electrons. The fraction of sp³-hybridized carbons (Fsp3) is 0.259. The van der Waals surface area contributed by atoms with Gasteiger partial charge in [0.25, 0.3) is 5.91 Å². The minimum absolute atomic E-state index is 0.201. The molecule has 0 atom stereocenters. The van der Waals surface area contributed by atoms with Crippen molar-refractivity contribution in [2.45, 2.75) is 6.42 Å². The maximum absolute atomic E-state index is 12.9. The number of anilines is 2. The lowest BCUT2D eigenvalue weighted by atomic mass is 10.1. The highest BCUT2D eigenvalue weighted by Gasteiger charge is 2.15. The van der Waals surface area contributed by atoms with Gasteiger partial charge in [0.05, 0.1) is 56.9 Å². The van der Waals surface area contributed by atoms with Crippen molar-refractivity contribution in [3.8, 4) is 5.69 Å². The van der Waals surface area contributed by atoms with E-state index < -0.39 is 0 Å². The highest BCUT2D eigenvalue weighted by atomic mass is 35.5. The lowest BCUT2D eigenvalue weighted by Gasteiger charge is -2.26. The predicted octanol–water partition coefficient (Wildman–Crippen LogP) is 6.18. The lowest BCUT2D eigenvalue weighted by molar-refractivity contribution is 0.0374. The summed E-state index contributed by atoms with van der Waals surface area (Å²) in [7, 11) is 0. The summed E-state index contributed by atoms with van der Waals surface area (Å²) in [4.78, 5) is 15.2. The summed E-state index contributed by atoms with van der Waals surface area (Å²) in [6.45, 7) is 4.91. The third-order valence-corrected chi connectivity index (χ3v) is 7.24. The van der Waals surface area contributed by atoms with E-state index in [1.54, 1.807) is 41.2 Å². The summed E-state index contributed by atoms with van der Waals surface area (Å²) < 4.78 is 7.16. The molecule has 4 aromatic rings. The molecule has 37 heavy (non-hydrogen) atoms.